The van der Waals surface area contributed by atoms with Gasteiger partial charge in [0, 0.05) is 30.9 Å². The van der Waals surface area contributed by atoms with Crippen molar-refractivity contribution in [1.29, 1.82) is 0 Å². The van der Waals surface area contributed by atoms with Crippen LogP contribution in [0.2, 0.25) is 0 Å². The van der Waals surface area contributed by atoms with E-state index >= 15 is 0 Å². The molecule has 0 saturated carbocycles. The number of sulfonamides is 1. The number of nitrogens with two attached hydrogens (primary N) is 1. The summed E-state index contributed by atoms with van der Waals surface area (Å²) in [5.41, 5.74) is 7.67. The second-order valence-electron chi connectivity index (χ2n) is 4.94. The number of nitrogens with one attached hydrogen (secondary N) is 1. The Morgan fingerprint density at radius 3 is 2.57 bits per heavy atom. The molecule has 0 radical (unpaired) electrons. The van der Waals surface area contributed by atoms with Crippen LogP contribution in [-0.2, 0) is 10.0 Å². The van der Waals surface area contributed by atoms with Crippen LogP contribution in [0.1, 0.15) is 29.3 Å². The zero-order valence-electron chi connectivity index (χ0n) is 12.7. The van der Waals surface area contributed by atoms with E-state index in [4.69, 9.17) is 5.73 Å². The van der Waals surface area contributed by atoms with Crippen molar-refractivity contribution in [3.63, 3.8) is 0 Å². The SMILES string of the molecule is CCN(CCCNC(=O)c1ccc(N)cc1C)S(C)(=O)=O. The Hall–Kier alpha value is -1.60. The lowest BCUT2D eigenvalue weighted by Gasteiger charge is -2.17. The van der Waals surface area contributed by atoms with Crippen LogP contribution in [0.5, 0.6) is 0 Å². The zero-order chi connectivity index (χ0) is 16.0. The molecule has 3 N–H and O–H groups in total. The summed E-state index contributed by atoms with van der Waals surface area (Å²) in [6.07, 6.45) is 1.76. The molecule has 0 unspecified atom stereocenters. The maximum Gasteiger partial charge on any atom is 0.251 e. The van der Waals surface area contributed by atoms with Crippen molar-refractivity contribution in [3.8, 4) is 0 Å². The molecule has 0 heterocycles. The van der Waals surface area contributed by atoms with Gasteiger partial charge in [0.05, 0.1) is 6.26 Å². The largest absolute Gasteiger partial charge is 0.399 e. The fraction of sp³-hybridized carbons (Fsp3) is 0.500. The Morgan fingerprint density at radius 2 is 2.05 bits per heavy atom. The maximum absolute atomic E-state index is 12.0. The van der Waals surface area contributed by atoms with Crippen LogP contribution in [0.15, 0.2) is 18.2 Å². The average Bonchev–Trinajstić information content (AvgIpc) is 2.36. The van der Waals surface area contributed by atoms with Gasteiger partial charge in [0.15, 0.2) is 0 Å². The Balaban J connectivity index is 2.47. The monoisotopic (exact) mass is 313 g/mol. The third-order valence-corrected chi connectivity index (χ3v) is 4.57. The van der Waals surface area contributed by atoms with Crippen LogP contribution >= 0.6 is 0 Å². The van der Waals surface area contributed by atoms with Crippen molar-refractivity contribution in [2.75, 3.05) is 31.6 Å². The van der Waals surface area contributed by atoms with Crippen LogP contribution in [0.4, 0.5) is 5.69 Å². The molecule has 0 aromatic heterocycles. The molecule has 1 amide bonds. The van der Waals surface area contributed by atoms with E-state index in [1.54, 1.807) is 25.1 Å². The van der Waals surface area contributed by atoms with Gasteiger partial charge in [-0.15, -0.1) is 0 Å². The molecular weight excluding hydrogens is 290 g/mol. The van der Waals surface area contributed by atoms with Gasteiger partial charge in [-0.25, -0.2) is 12.7 Å². The summed E-state index contributed by atoms with van der Waals surface area (Å²) >= 11 is 0. The molecule has 0 aliphatic carbocycles. The van der Waals surface area contributed by atoms with Crippen molar-refractivity contribution in [3.05, 3.63) is 29.3 Å². The summed E-state index contributed by atoms with van der Waals surface area (Å²) in [7, 11) is -3.17. The lowest BCUT2D eigenvalue weighted by molar-refractivity contribution is 0.0952. The molecule has 0 saturated heterocycles. The lowest BCUT2D eigenvalue weighted by Crippen LogP contribution is -2.33. The van der Waals surface area contributed by atoms with E-state index in [9.17, 15) is 13.2 Å². The molecule has 0 spiro atoms. The number of nitrogens with zero attached hydrogens (tertiary/aromatic N) is 1. The van der Waals surface area contributed by atoms with Gasteiger partial charge in [-0.3, -0.25) is 4.79 Å². The van der Waals surface area contributed by atoms with E-state index < -0.39 is 10.0 Å². The first-order chi connectivity index (χ1) is 9.75. The van der Waals surface area contributed by atoms with E-state index in [2.05, 4.69) is 5.32 Å². The molecule has 7 heteroatoms. The lowest BCUT2D eigenvalue weighted by atomic mass is 10.1. The summed E-state index contributed by atoms with van der Waals surface area (Å²) in [6, 6.07) is 5.12. The summed E-state index contributed by atoms with van der Waals surface area (Å²) < 4.78 is 24.2. The molecule has 0 aliphatic rings. The first-order valence-corrected chi connectivity index (χ1v) is 8.70. The molecule has 6 nitrogen and oxygen atoms in total. The smallest absolute Gasteiger partial charge is 0.251 e. The third kappa shape index (κ3) is 5.35. The minimum absolute atomic E-state index is 0.171. The van der Waals surface area contributed by atoms with Gasteiger partial charge in [-0.05, 0) is 37.1 Å². The summed E-state index contributed by atoms with van der Waals surface area (Å²) in [4.78, 5) is 12.0. The minimum atomic E-state index is -3.17. The summed E-state index contributed by atoms with van der Waals surface area (Å²) in [5, 5.41) is 2.79. The van der Waals surface area contributed by atoms with Crippen LogP contribution in [0.3, 0.4) is 0 Å². The molecule has 0 aliphatic heterocycles. The standard InChI is InChI=1S/C14H23N3O3S/c1-4-17(21(3,19)20)9-5-8-16-14(18)13-7-6-12(15)10-11(13)2/h6-7,10H,4-5,8-9,15H2,1-3H3,(H,16,18). The Bertz CT molecular complexity index is 599. The predicted octanol–water partition coefficient (Wildman–Crippen LogP) is 0.979. The molecule has 1 rings (SSSR count). The second kappa shape index (κ2) is 7.42. The molecule has 0 atom stereocenters. The van der Waals surface area contributed by atoms with E-state index in [1.165, 1.54) is 10.6 Å². The number of aryl methyl sites for hydroxylation is 1. The van der Waals surface area contributed by atoms with Crippen molar-refractivity contribution in [2.24, 2.45) is 0 Å². The molecule has 1 aromatic carbocycles. The predicted molar refractivity (Wildman–Crippen MR) is 84.6 cm³/mol. The number of hydrogen-bond donors (Lipinski definition) is 2. The van der Waals surface area contributed by atoms with Gasteiger partial charge in [0.2, 0.25) is 10.0 Å². The Kier molecular flexibility index (Phi) is 6.17. The molecule has 21 heavy (non-hydrogen) atoms. The van der Waals surface area contributed by atoms with Crippen molar-refractivity contribution >= 4 is 21.6 Å². The van der Waals surface area contributed by atoms with E-state index in [0.29, 0.717) is 37.3 Å². The van der Waals surface area contributed by atoms with Gasteiger partial charge < -0.3 is 11.1 Å². The fourth-order valence-electron chi connectivity index (χ4n) is 2.05. The van der Waals surface area contributed by atoms with Gasteiger partial charge in [0.25, 0.3) is 5.91 Å². The zero-order valence-corrected chi connectivity index (χ0v) is 13.5. The number of benzene rings is 1. The number of rotatable bonds is 7. The maximum atomic E-state index is 12.0. The van der Waals surface area contributed by atoms with E-state index in [-0.39, 0.29) is 5.91 Å². The number of nitrogen functional groups attached to an aromatic ring is 1. The van der Waals surface area contributed by atoms with Crippen LogP contribution in [0, 0.1) is 6.92 Å². The first kappa shape index (κ1) is 17.5. The highest BCUT2D eigenvalue weighted by Gasteiger charge is 2.14. The number of anilines is 1. The number of hydrogen-bond acceptors (Lipinski definition) is 4. The van der Waals surface area contributed by atoms with Crippen LogP contribution in [-0.4, -0.2) is 44.5 Å². The Morgan fingerprint density at radius 1 is 1.38 bits per heavy atom. The van der Waals surface area contributed by atoms with Gasteiger partial charge >= 0.3 is 0 Å². The molecule has 118 valence electrons. The molecule has 1 aromatic rings. The topological polar surface area (TPSA) is 92.5 Å². The minimum Gasteiger partial charge on any atom is -0.399 e. The molecule has 0 bridgehead atoms. The van der Waals surface area contributed by atoms with E-state index in [1.807, 2.05) is 6.92 Å². The van der Waals surface area contributed by atoms with Gasteiger partial charge in [-0.2, -0.15) is 0 Å². The quantitative estimate of drug-likeness (QED) is 0.580. The Labute approximate surface area is 126 Å². The summed E-state index contributed by atoms with van der Waals surface area (Å²) in [5.74, 6) is -0.171. The van der Waals surface area contributed by atoms with Crippen molar-refractivity contribution in [2.45, 2.75) is 20.3 Å². The van der Waals surface area contributed by atoms with Gasteiger partial charge in [-0.1, -0.05) is 6.92 Å². The van der Waals surface area contributed by atoms with Crippen LogP contribution < -0.4 is 11.1 Å². The van der Waals surface area contributed by atoms with Crippen molar-refractivity contribution in [1.82, 2.24) is 9.62 Å². The second-order valence-corrected chi connectivity index (χ2v) is 6.92. The first-order valence-electron chi connectivity index (χ1n) is 6.85. The molecular formula is C14H23N3O3S. The third-order valence-electron chi connectivity index (χ3n) is 3.19. The highest BCUT2D eigenvalue weighted by molar-refractivity contribution is 7.88. The fourth-order valence-corrected chi connectivity index (χ4v) is 2.98. The normalized spacial score (nSPS) is 11.6. The molecule has 0 fully saturated rings. The van der Waals surface area contributed by atoms with E-state index in [0.717, 1.165) is 5.56 Å². The number of carbonyl (C=O) groups excluding carboxylic acids is 1. The highest BCUT2D eigenvalue weighted by atomic mass is 32.2. The summed E-state index contributed by atoms with van der Waals surface area (Å²) in [6.45, 7) is 4.87. The highest BCUT2D eigenvalue weighted by Crippen LogP contribution is 2.12. The average molecular weight is 313 g/mol. The van der Waals surface area contributed by atoms with Crippen molar-refractivity contribution < 1.29 is 13.2 Å². The van der Waals surface area contributed by atoms with Crippen LogP contribution in [0.25, 0.3) is 0 Å². The van der Waals surface area contributed by atoms with Gasteiger partial charge in [0.1, 0.15) is 0 Å². The number of amides is 1. The number of carbonyl (C=O) groups is 1.